The van der Waals surface area contributed by atoms with Gasteiger partial charge in [0.15, 0.2) is 5.01 Å². The van der Waals surface area contributed by atoms with Crippen LogP contribution in [0.15, 0.2) is 29.3 Å². The first kappa shape index (κ1) is 25.2. The topological polar surface area (TPSA) is 128 Å². The SMILES string of the molecule is CNC(=O)CC1CN(S(=O)(=O)c2cc3cc(Cl)ccc3[nH]2)CCN1C(=O)c1nc2c(s1)CNC(C)C2. The van der Waals surface area contributed by atoms with Crippen LogP contribution in [0.5, 0.6) is 0 Å². The van der Waals surface area contributed by atoms with Gasteiger partial charge in [-0.1, -0.05) is 11.6 Å². The summed E-state index contributed by atoms with van der Waals surface area (Å²) in [5, 5.41) is 7.58. The Hall–Kier alpha value is -2.51. The van der Waals surface area contributed by atoms with Crippen molar-refractivity contribution >= 4 is 55.7 Å². The molecule has 2 aliphatic rings. The Morgan fingerprint density at radius 2 is 2.08 bits per heavy atom. The number of aromatic amines is 1. The van der Waals surface area contributed by atoms with Gasteiger partial charge in [-0.05, 0) is 31.2 Å². The van der Waals surface area contributed by atoms with E-state index in [4.69, 9.17) is 11.6 Å². The molecule has 2 aromatic heterocycles. The molecule has 36 heavy (non-hydrogen) atoms. The molecule has 4 heterocycles. The molecule has 0 saturated carbocycles. The summed E-state index contributed by atoms with van der Waals surface area (Å²) in [6.07, 6.45) is 0.739. The molecule has 192 valence electrons. The zero-order valence-corrected chi connectivity index (χ0v) is 22.3. The molecular formula is C23H27ClN6O4S2. The monoisotopic (exact) mass is 550 g/mol. The molecule has 10 nitrogen and oxygen atoms in total. The van der Waals surface area contributed by atoms with Crippen LogP contribution in [0.1, 0.15) is 33.7 Å². The fraction of sp³-hybridized carbons (Fsp3) is 0.435. The lowest BCUT2D eigenvalue weighted by Gasteiger charge is -2.40. The average molecular weight is 551 g/mol. The molecule has 2 unspecified atom stereocenters. The number of halogens is 1. The van der Waals surface area contributed by atoms with Crippen molar-refractivity contribution < 1.29 is 18.0 Å². The number of sulfonamides is 1. The van der Waals surface area contributed by atoms with Gasteiger partial charge in [-0.15, -0.1) is 11.3 Å². The second-order valence-corrected chi connectivity index (χ2v) is 12.6. The molecule has 1 fully saturated rings. The fourth-order valence-corrected chi connectivity index (χ4v) is 7.34. The predicted molar refractivity (Wildman–Crippen MR) is 138 cm³/mol. The van der Waals surface area contributed by atoms with Crippen molar-refractivity contribution in [3.05, 3.63) is 44.9 Å². The Kier molecular flexibility index (Phi) is 6.81. The maximum atomic E-state index is 13.5. The maximum Gasteiger partial charge on any atom is 0.283 e. The van der Waals surface area contributed by atoms with Gasteiger partial charge in [0.05, 0.1) is 11.7 Å². The number of carbonyl (C=O) groups is 2. The van der Waals surface area contributed by atoms with E-state index in [1.54, 1.807) is 29.2 Å². The number of fused-ring (bicyclic) bond motifs is 2. The molecule has 13 heteroatoms. The molecule has 1 aromatic carbocycles. The summed E-state index contributed by atoms with van der Waals surface area (Å²) in [6, 6.07) is 6.33. The minimum absolute atomic E-state index is 0.00128. The molecule has 0 bridgehead atoms. The molecule has 2 amide bonds. The minimum Gasteiger partial charge on any atom is -0.359 e. The summed E-state index contributed by atoms with van der Waals surface area (Å²) in [4.78, 5) is 36.0. The number of benzene rings is 1. The molecule has 1 saturated heterocycles. The summed E-state index contributed by atoms with van der Waals surface area (Å²) < 4.78 is 28.3. The third-order valence-corrected chi connectivity index (χ3v) is 9.76. The molecule has 0 aliphatic carbocycles. The quantitative estimate of drug-likeness (QED) is 0.446. The van der Waals surface area contributed by atoms with E-state index in [-0.39, 0.29) is 48.9 Å². The van der Waals surface area contributed by atoms with E-state index in [1.165, 1.54) is 22.7 Å². The number of rotatable bonds is 5. The highest BCUT2D eigenvalue weighted by Crippen LogP contribution is 2.29. The van der Waals surface area contributed by atoms with Crippen LogP contribution in [0.2, 0.25) is 5.02 Å². The van der Waals surface area contributed by atoms with E-state index in [1.807, 2.05) is 0 Å². The third-order valence-electron chi connectivity index (χ3n) is 6.65. The fourth-order valence-electron chi connectivity index (χ4n) is 4.68. The first-order valence-corrected chi connectivity index (χ1v) is 14.3. The van der Waals surface area contributed by atoms with E-state index >= 15 is 0 Å². The highest BCUT2D eigenvalue weighted by atomic mass is 35.5. The Labute approximate surface area is 218 Å². The molecule has 0 radical (unpaired) electrons. The van der Waals surface area contributed by atoms with Gasteiger partial charge in [0.1, 0.15) is 5.03 Å². The second-order valence-electron chi connectivity index (χ2n) is 9.13. The van der Waals surface area contributed by atoms with E-state index in [2.05, 4.69) is 27.5 Å². The number of thiazole rings is 1. The first-order chi connectivity index (χ1) is 17.2. The Bertz CT molecular complexity index is 1440. The van der Waals surface area contributed by atoms with Crippen LogP contribution in [0.4, 0.5) is 0 Å². The summed E-state index contributed by atoms with van der Waals surface area (Å²) >= 11 is 7.41. The highest BCUT2D eigenvalue weighted by Gasteiger charge is 2.39. The number of H-pyrrole nitrogens is 1. The number of nitrogens with one attached hydrogen (secondary N) is 3. The Morgan fingerprint density at radius 3 is 2.86 bits per heavy atom. The minimum atomic E-state index is -3.89. The van der Waals surface area contributed by atoms with E-state index in [0.717, 1.165) is 17.0 Å². The number of hydrogen-bond donors (Lipinski definition) is 3. The van der Waals surface area contributed by atoms with Crippen molar-refractivity contribution in [3.63, 3.8) is 0 Å². The van der Waals surface area contributed by atoms with Crippen LogP contribution in [-0.2, 0) is 27.8 Å². The van der Waals surface area contributed by atoms with Gasteiger partial charge in [-0.25, -0.2) is 13.4 Å². The number of hydrogen-bond acceptors (Lipinski definition) is 7. The van der Waals surface area contributed by atoms with Crippen molar-refractivity contribution in [2.45, 2.75) is 43.4 Å². The summed E-state index contributed by atoms with van der Waals surface area (Å²) in [7, 11) is -2.37. The normalized spacial score (nSPS) is 20.9. The lowest BCUT2D eigenvalue weighted by Crippen LogP contribution is -2.57. The van der Waals surface area contributed by atoms with Crippen molar-refractivity contribution in [1.29, 1.82) is 0 Å². The number of nitrogens with zero attached hydrogens (tertiary/aromatic N) is 3. The number of amides is 2. The molecular weight excluding hydrogens is 524 g/mol. The Morgan fingerprint density at radius 1 is 1.28 bits per heavy atom. The highest BCUT2D eigenvalue weighted by molar-refractivity contribution is 7.89. The van der Waals surface area contributed by atoms with Crippen molar-refractivity contribution in [3.8, 4) is 0 Å². The van der Waals surface area contributed by atoms with E-state index in [9.17, 15) is 18.0 Å². The van der Waals surface area contributed by atoms with Crippen molar-refractivity contribution in [1.82, 2.24) is 29.8 Å². The van der Waals surface area contributed by atoms with E-state index in [0.29, 0.717) is 27.5 Å². The van der Waals surface area contributed by atoms with Gasteiger partial charge in [-0.3, -0.25) is 9.59 Å². The van der Waals surface area contributed by atoms with Crippen LogP contribution in [0.25, 0.3) is 10.9 Å². The summed E-state index contributed by atoms with van der Waals surface area (Å²) in [5.41, 5.74) is 1.59. The second kappa shape index (κ2) is 9.75. The largest absolute Gasteiger partial charge is 0.359 e. The number of carbonyl (C=O) groups excluding carboxylic acids is 2. The van der Waals surface area contributed by atoms with Crippen LogP contribution >= 0.6 is 22.9 Å². The summed E-state index contributed by atoms with van der Waals surface area (Å²) in [6.45, 7) is 3.01. The van der Waals surface area contributed by atoms with E-state index < -0.39 is 16.1 Å². The van der Waals surface area contributed by atoms with Gasteiger partial charge < -0.3 is 20.5 Å². The molecule has 2 aliphatic heterocycles. The van der Waals surface area contributed by atoms with Gasteiger partial charge in [0.25, 0.3) is 15.9 Å². The van der Waals surface area contributed by atoms with Crippen molar-refractivity contribution in [2.75, 3.05) is 26.7 Å². The smallest absolute Gasteiger partial charge is 0.283 e. The van der Waals surface area contributed by atoms with Crippen LogP contribution in [-0.4, -0.2) is 78.2 Å². The zero-order chi connectivity index (χ0) is 25.6. The molecule has 3 aromatic rings. The lowest BCUT2D eigenvalue weighted by atomic mass is 10.1. The lowest BCUT2D eigenvalue weighted by molar-refractivity contribution is -0.121. The molecule has 2 atom stereocenters. The van der Waals surface area contributed by atoms with Gasteiger partial charge in [0.2, 0.25) is 5.91 Å². The van der Waals surface area contributed by atoms with Gasteiger partial charge in [0, 0.05) is 72.9 Å². The third kappa shape index (κ3) is 4.75. The predicted octanol–water partition coefficient (Wildman–Crippen LogP) is 1.96. The molecule has 5 rings (SSSR count). The number of piperazine rings is 1. The van der Waals surface area contributed by atoms with Crippen LogP contribution in [0, 0.1) is 0 Å². The van der Waals surface area contributed by atoms with Gasteiger partial charge in [-0.2, -0.15) is 4.31 Å². The molecule has 3 N–H and O–H groups in total. The van der Waals surface area contributed by atoms with Gasteiger partial charge >= 0.3 is 0 Å². The first-order valence-electron chi connectivity index (χ1n) is 11.7. The zero-order valence-electron chi connectivity index (χ0n) is 19.9. The summed E-state index contributed by atoms with van der Waals surface area (Å²) in [5.74, 6) is -0.540. The molecule has 0 spiro atoms. The number of aromatic nitrogens is 2. The average Bonchev–Trinajstić information content (AvgIpc) is 3.47. The standard InChI is InChI=1S/C23H27ClN6O4S2/c1-13-7-18-19(11-26-13)35-22(28-18)23(32)30-6-5-29(12-16(30)10-20(31)25-2)36(33,34)21-9-14-8-15(24)3-4-17(14)27-21/h3-4,8-9,13,16,26-27H,5-7,10-12H2,1-2H3,(H,25,31). The Balaban J connectivity index is 1.40. The van der Waals surface area contributed by atoms with Crippen LogP contribution in [0.3, 0.4) is 0 Å². The van der Waals surface area contributed by atoms with Crippen molar-refractivity contribution in [2.24, 2.45) is 0 Å². The van der Waals surface area contributed by atoms with Crippen LogP contribution < -0.4 is 10.6 Å². The maximum absolute atomic E-state index is 13.5.